The van der Waals surface area contributed by atoms with Crippen LogP contribution in [0.2, 0.25) is 0 Å². The lowest BCUT2D eigenvalue weighted by Gasteiger charge is -2.27. The molecule has 0 heterocycles. The van der Waals surface area contributed by atoms with Crippen molar-refractivity contribution in [2.75, 3.05) is 13.7 Å². The van der Waals surface area contributed by atoms with Gasteiger partial charge >= 0.3 is 0 Å². The number of benzene rings is 1. The first-order chi connectivity index (χ1) is 9.35. The molecule has 1 amide bonds. The van der Waals surface area contributed by atoms with Crippen molar-refractivity contribution >= 4 is 5.91 Å². The first-order valence-corrected chi connectivity index (χ1v) is 6.97. The summed E-state index contributed by atoms with van der Waals surface area (Å²) in [5.41, 5.74) is 0.196. The van der Waals surface area contributed by atoms with Crippen LogP contribution in [0.1, 0.15) is 32.8 Å². The number of nitrogens with one attached hydrogen (secondary N) is 1. The first kappa shape index (κ1) is 16.5. The van der Waals surface area contributed by atoms with Crippen molar-refractivity contribution in [2.24, 2.45) is 5.92 Å². The van der Waals surface area contributed by atoms with Gasteiger partial charge in [0.15, 0.2) is 0 Å². The lowest BCUT2D eigenvalue weighted by atomic mass is 9.92. The molecule has 20 heavy (non-hydrogen) atoms. The van der Waals surface area contributed by atoms with Gasteiger partial charge in [0.25, 0.3) is 0 Å². The third kappa shape index (κ3) is 5.21. The Bertz CT molecular complexity index is 441. The van der Waals surface area contributed by atoms with Gasteiger partial charge in [0.2, 0.25) is 5.91 Å². The summed E-state index contributed by atoms with van der Waals surface area (Å²) in [5.74, 6) is 0.848. The van der Waals surface area contributed by atoms with Gasteiger partial charge in [-0.3, -0.25) is 4.79 Å². The number of methoxy groups -OCH3 is 1. The molecule has 2 N–H and O–H groups in total. The Labute approximate surface area is 121 Å². The molecule has 0 fully saturated rings. The molecular formula is C16H25NO3. The van der Waals surface area contributed by atoms with E-state index in [1.807, 2.05) is 38.1 Å². The second kappa shape index (κ2) is 7.29. The molecule has 0 aliphatic heterocycles. The number of aliphatic hydroxyl groups is 1. The number of hydrogen-bond donors (Lipinski definition) is 2. The van der Waals surface area contributed by atoms with Crippen LogP contribution in [0.15, 0.2) is 24.3 Å². The molecule has 1 aromatic carbocycles. The van der Waals surface area contributed by atoms with Crippen LogP contribution in [-0.4, -0.2) is 30.3 Å². The van der Waals surface area contributed by atoms with E-state index in [2.05, 4.69) is 5.32 Å². The second-order valence-corrected chi connectivity index (χ2v) is 5.64. The molecule has 1 aromatic rings. The van der Waals surface area contributed by atoms with Crippen molar-refractivity contribution in [1.29, 1.82) is 0 Å². The van der Waals surface area contributed by atoms with Crippen molar-refractivity contribution in [3.63, 3.8) is 0 Å². The van der Waals surface area contributed by atoms with Crippen LogP contribution in [0.25, 0.3) is 0 Å². The van der Waals surface area contributed by atoms with E-state index < -0.39 is 5.60 Å². The molecule has 0 saturated heterocycles. The highest BCUT2D eigenvalue weighted by Gasteiger charge is 2.25. The third-order valence-electron chi connectivity index (χ3n) is 3.66. The number of carbonyl (C=O) groups excluding carboxylic acids is 1. The summed E-state index contributed by atoms with van der Waals surface area (Å²) in [7, 11) is 1.62. The molecule has 0 saturated carbocycles. The number of hydrogen-bond acceptors (Lipinski definition) is 3. The smallest absolute Gasteiger partial charge is 0.220 e. The van der Waals surface area contributed by atoms with Crippen LogP contribution < -0.4 is 10.1 Å². The van der Waals surface area contributed by atoms with Gasteiger partial charge in [-0.1, -0.05) is 26.0 Å². The third-order valence-corrected chi connectivity index (χ3v) is 3.66. The summed E-state index contributed by atoms with van der Waals surface area (Å²) in [6.07, 6.45) is 1.06. The maximum atomic E-state index is 11.8. The highest BCUT2D eigenvalue weighted by molar-refractivity contribution is 5.76. The maximum absolute atomic E-state index is 11.8. The Hall–Kier alpha value is -1.55. The minimum atomic E-state index is -0.869. The molecule has 0 spiro atoms. The highest BCUT2D eigenvalue weighted by Crippen LogP contribution is 2.15. The van der Waals surface area contributed by atoms with Gasteiger partial charge in [-0.15, -0.1) is 0 Å². The lowest BCUT2D eigenvalue weighted by Crippen LogP contribution is -2.44. The molecule has 1 atom stereocenters. The minimum absolute atomic E-state index is 0.0475. The maximum Gasteiger partial charge on any atom is 0.220 e. The standard InChI is InChI=1S/C16H25NO3/c1-12(2)16(3,19)11-17-15(18)9-8-13-6-5-7-14(10-13)20-4/h5-7,10,12,19H,8-9,11H2,1-4H3,(H,17,18). The molecular weight excluding hydrogens is 254 g/mol. The summed E-state index contributed by atoms with van der Waals surface area (Å²) in [6, 6.07) is 7.69. The Morgan fingerprint density at radius 3 is 2.75 bits per heavy atom. The lowest BCUT2D eigenvalue weighted by molar-refractivity contribution is -0.122. The zero-order valence-electron chi connectivity index (χ0n) is 12.8. The number of carbonyl (C=O) groups is 1. The molecule has 0 aliphatic carbocycles. The molecule has 1 rings (SSSR count). The van der Waals surface area contributed by atoms with Gasteiger partial charge < -0.3 is 15.2 Å². The SMILES string of the molecule is COc1cccc(CCC(=O)NCC(C)(O)C(C)C)c1. The Kier molecular flexibility index (Phi) is 6.02. The Balaban J connectivity index is 2.40. The van der Waals surface area contributed by atoms with E-state index in [4.69, 9.17) is 4.74 Å². The van der Waals surface area contributed by atoms with Crippen LogP contribution >= 0.6 is 0 Å². The minimum Gasteiger partial charge on any atom is -0.497 e. The van der Waals surface area contributed by atoms with E-state index in [-0.39, 0.29) is 18.4 Å². The Morgan fingerprint density at radius 2 is 2.15 bits per heavy atom. The predicted molar refractivity (Wildman–Crippen MR) is 79.8 cm³/mol. The van der Waals surface area contributed by atoms with Gasteiger partial charge in [0, 0.05) is 13.0 Å². The van der Waals surface area contributed by atoms with E-state index in [1.54, 1.807) is 14.0 Å². The van der Waals surface area contributed by atoms with Crippen molar-refractivity contribution in [3.8, 4) is 5.75 Å². The van der Waals surface area contributed by atoms with Gasteiger partial charge in [0.05, 0.1) is 12.7 Å². The van der Waals surface area contributed by atoms with Crippen LogP contribution in [0, 0.1) is 5.92 Å². The van der Waals surface area contributed by atoms with E-state index in [1.165, 1.54) is 0 Å². The highest BCUT2D eigenvalue weighted by atomic mass is 16.5. The molecule has 4 nitrogen and oxygen atoms in total. The van der Waals surface area contributed by atoms with Crippen molar-refractivity contribution in [1.82, 2.24) is 5.32 Å². The fourth-order valence-corrected chi connectivity index (χ4v) is 1.66. The molecule has 0 aromatic heterocycles. The topological polar surface area (TPSA) is 58.6 Å². The average Bonchev–Trinajstić information content (AvgIpc) is 2.43. The van der Waals surface area contributed by atoms with Crippen molar-refractivity contribution in [2.45, 2.75) is 39.2 Å². The van der Waals surface area contributed by atoms with Crippen molar-refractivity contribution < 1.29 is 14.6 Å². The number of aryl methyl sites for hydroxylation is 1. The van der Waals surface area contributed by atoms with Crippen LogP contribution in [0.3, 0.4) is 0 Å². The van der Waals surface area contributed by atoms with Gasteiger partial charge in [-0.2, -0.15) is 0 Å². The van der Waals surface area contributed by atoms with E-state index in [0.717, 1.165) is 11.3 Å². The van der Waals surface area contributed by atoms with Crippen molar-refractivity contribution in [3.05, 3.63) is 29.8 Å². The van der Waals surface area contributed by atoms with Crippen LogP contribution in [-0.2, 0) is 11.2 Å². The predicted octanol–water partition coefficient (Wildman–Crippen LogP) is 2.15. The van der Waals surface area contributed by atoms with E-state index >= 15 is 0 Å². The Morgan fingerprint density at radius 1 is 1.45 bits per heavy atom. The number of amides is 1. The zero-order chi connectivity index (χ0) is 15.2. The quantitative estimate of drug-likeness (QED) is 0.804. The fourth-order valence-electron chi connectivity index (χ4n) is 1.66. The summed E-state index contributed by atoms with van der Waals surface area (Å²) in [6.45, 7) is 5.88. The van der Waals surface area contributed by atoms with E-state index in [9.17, 15) is 9.90 Å². The first-order valence-electron chi connectivity index (χ1n) is 6.97. The molecule has 1 unspecified atom stereocenters. The van der Waals surface area contributed by atoms with Gasteiger partial charge in [-0.05, 0) is 37.0 Å². The van der Waals surface area contributed by atoms with Gasteiger partial charge in [0.1, 0.15) is 5.75 Å². The van der Waals surface area contributed by atoms with Gasteiger partial charge in [-0.25, -0.2) is 0 Å². The zero-order valence-corrected chi connectivity index (χ0v) is 12.8. The summed E-state index contributed by atoms with van der Waals surface area (Å²) in [4.78, 5) is 11.8. The molecule has 0 radical (unpaired) electrons. The normalized spacial score (nSPS) is 13.9. The average molecular weight is 279 g/mol. The monoisotopic (exact) mass is 279 g/mol. The van der Waals surface area contributed by atoms with Crippen LogP contribution in [0.5, 0.6) is 5.75 Å². The number of ether oxygens (including phenoxy) is 1. The van der Waals surface area contributed by atoms with Crippen LogP contribution in [0.4, 0.5) is 0 Å². The van der Waals surface area contributed by atoms with E-state index in [0.29, 0.717) is 12.8 Å². The molecule has 0 bridgehead atoms. The molecule has 112 valence electrons. The second-order valence-electron chi connectivity index (χ2n) is 5.64. The molecule has 4 heteroatoms. The molecule has 0 aliphatic rings. The number of rotatable bonds is 7. The fraction of sp³-hybridized carbons (Fsp3) is 0.562. The summed E-state index contributed by atoms with van der Waals surface area (Å²) in [5, 5.41) is 12.8. The largest absolute Gasteiger partial charge is 0.497 e. The summed E-state index contributed by atoms with van der Waals surface area (Å²) >= 11 is 0. The summed E-state index contributed by atoms with van der Waals surface area (Å²) < 4.78 is 5.15.